The number of hydrogen-bond acceptors (Lipinski definition) is 3. The third-order valence-electron chi connectivity index (χ3n) is 3.64. The van der Waals surface area contributed by atoms with E-state index in [0.717, 1.165) is 18.4 Å². The minimum atomic E-state index is -0.574. The van der Waals surface area contributed by atoms with Crippen molar-refractivity contribution >= 4 is 11.6 Å². The zero-order valence-electron chi connectivity index (χ0n) is 9.73. The Morgan fingerprint density at radius 1 is 1.41 bits per heavy atom. The summed E-state index contributed by atoms with van der Waals surface area (Å²) < 4.78 is 5.34. The standard InChI is InChI=1S/C13H18ClNO2/c14-11-3-1-2-10(8-11)12(16)13(9-15)4-6-17-7-5-13/h1-3,8,12,16H,4-7,9,15H2/t12-/m1/s1. The highest BCUT2D eigenvalue weighted by atomic mass is 35.5. The summed E-state index contributed by atoms with van der Waals surface area (Å²) in [5.74, 6) is 0. The zero-order chi connectivity index (χ0) is 12.3. The van der Waals surface area contributed by atoms with Gasteiger partial charge in [0.2, 0.25) is 0 Å². The molecule has 0 bridgehead atoms. The molecule has 4 heteroatoms. The molecule has 3 N–H and O–H groups in total. The third-order valence-corrected chi connectivity index (χ3v) is 3.87. The van der Waals surface area contributed by atoms with Crippen LogP contribution < -0.4 is 5.73 Å². The summed E-state index contributed by atoms with van der Waals surface area (Å²) >= 11 is 5.95. The summed E-state index contributed by atoms with van der Waals surface area (Å²) in [5, 5.41) is 11.2. The van der Waals surface area contributed by atoms with Crippen LogP contribution in [0.4, 0.5) is 0 Å². The van der Waals surface area contributed by atoms with Gasteiger partial charge in [0.25, 0.3) is 0 Å². The van der Waals surface area contributed by atoms with Gasteiger partial charge in [0.05, 0.1) is 6.10 Å². The van der Waals surface area contributed by atoms with E-state index in [-0.39, 0.29) is 5.41 Å². The predicted octanol–water partition coefficient (Wildman–Crippen LogP) is 2.13. The van der Waals surface area contributed by atoms with Crippen molar-refractivity contribution in [2.75, 3.05) is 19.8 Å². The lowest BCUT2D eigenvalue weighted by Crippen LogP contribution is -2.41. The average Bonchev–Trinajstić information content (AvgIpc) is 2.38. The molecule has 1 aromatic rings. The highest BCUT2D eigenvalue weighted by molar-refractivity contribution is 6.30. The quantitative estimate of drug-likeness (QED) is 0.870. The van der Waals surface area contributed by atoms with Crippen LogP contribution in [0.3, 0.4) is 0 Å². The van der Waals surface area contributed by atoms with E-state index in [1.807, 2.05) is 12.1 Å². The fourth-order valence-electron chi connectivity index (χ4n) is 2.40. The Balaban J connectivity index is 2.24. The summed E-state index contributed by atoms with van der Waals surface area (Å²) in [7, 11) is 0. The number of benzene rings is 1. The highest BCUT2D eigenvalue weighted by Gasteiger charge is 2.39. The normalized spacial score (nSPS) is 21.1. The lowest BCUT2D eigenvalue weighted by Gasteiger charge is -2.40. The van der Waals surface area contributed by atoms with Gasteiger partial charge >= 0.3 is 0 Å². The first-order chi connectivity index (χ1) is 8.18. The Morgan fingerprint density at radius 3 is 2.71 bits per heavy atom. The number of halogens is 1. The van der Waals surface area contributed by atoms with Gasteiger partial charge in [-0.3, -0.25) is 0 Å². The summed E-state index contributed by atoms with van der Waals surface area (Å²) in [6.07, 6.45) is 1.00. The van der Waals surface area contributed by atoms with E-state index < -0.39 is 6.10 Å². The van der Waals surface area contributed by atoms with Crippen molar-refractivity contribution in [3.05, 3.63) is 34.9 Å². The number of aliphatic hydroxyl groups excluding tert-OH is 1. The number of ether oxygens (including phenoxy) is 1. The molecule has 0 radical (unpaired) electrons. The molecule has 1 aliphatic heterocycles. The van der Waals surface area contributed by atoms with Gasteiger partial charge < -0.3 is 15.6 Å². The minimum absolute atomic E-state index is 0.275. The van der Waals surface area contributed by atoms with E-state index in [2.05, 4.69) is 0 Å². The molecular formula is C13H18ClNO2. The van der Waals surface area contributed by atoms with Crippen molar-refractivity contribution in [3.8, 4) is 0 Å². The molecule has 0 spiro atoms. The Labute approximate surface area is 107 Å². The lowest BCUT2D eigenvalue weighted by atomic mass is 9.73. The second-order valence-electron chi connectivity index (χ2n) is 4.64. The first-order valence-electron chi connectivity index (χ1n) is 5.89. The van der Waals surface area contributed by atoms with E-state index >= 15 is 0 Å². The largest absolute Gasteiger partial charge is 0.388 e. The Kier molecular flexibility index (Phi) is 4.05. The molecule has 0 amide bonds. The molecule has 3 nitrogen and oxygen atoms in total. The van der Waals surface area contributed by atoms with Crippen LogP contribution in [0.5, 0.6) is 0 Å². The minimum Gasteiger partial charge on any atom is -0.388 e. The van der Waals surface area contributed by atoms with E-state index in [9.17, 15) is 5.11 Å². The summed E-state index contributed by atoms with van der Waals surface area (Å²) in [5.41, 5.74) is 6.43. The van der Waals surface area contributed by atoms with Gasteiger partial charge in [-0.25, -0.2) is 0 Å². The van der Waals surface area contributed by atoms with Crippen LogP contribution in [0.1, 0.15) is 24.5 Å². The first-order valence-corrected chi connectivity index (χ1v) is 6.27. The summed E-state index contributed by atoms with van der Waals surface area (Å²) in [6, 6.07) is 7.35. The molecule has 1 aromatic carbocycles. The van der Waals surface area contributed by atoms with Crippen LogP contribution in [0, 0.1) is 5.41 Å². The molecule has 0 saturated carbocycles. The second-order valence-corrected chi connectivity index (χ2v) is 5.07. The second kappa shape index (κ2) is 5.36. The van der Waals surface area contributed by atoms with E-state index in [1.54, 1.807) is 12.1 Å². The van der Waals surface area contributed by atoms with Crippen LogP contribution in [0.15, 0.2) is 24.3 Å². The smallest absolute Gasteiger partial charge is 0.0860 e. The molecule has 1 atom stereocenters. The van der Waals surface area contributed by atoms with Crippen molar-refractivity contribution in [1.82, 2.24) is 0 Å². The predicted molar refractivity (Wildman–Crippen MR) is 68.0 cm³/mol. The molecule has 94 valence electrons. The molecule has 0 unspecified atom stereocenters. The molecule has 0 aromatic heterocycles. The molecule has 0 aliphatic carbocycles. The monoisotopic (exact) mass is 255 g/mol. The number of aliphatic hydroxyl groups is 1. The molecule has 1 heterocycles. The van der Waals surface area contributed by atoms with Gasteiger partial charge in [-0.1, -0.05) is 23.7 Å². The van der Waals surface area contributed by atoms with Gasteiger partial charge in [0, 0.05) is 30.2 Å². The fraction of sp³-hybridized carbons (Fsp3) is 0.538. The summed E-state index contributed by atoms with van der Waals surface area (Å²) in [6.45, 7) is 1.79. The maximum Gasteiger partial charge on any atom is 0.0860 e. The van der Waals surface area contributed by atoms with Crippen LogP contribution in [0.25, 0.3) is 0 Å². The van der Waals surface area contributed by atoms with Gasteiger partial charge in [-0.15, -0.1) is 0 Å². The van der Waals surface area contributed by atoms with Crippen molar-refractivity contribution in [3.63, 3.8) is 0 Å². The first kappa shape index (κ1) is 12.8. The topological polar surface area (TPSA) is 55.5 Å². The van der Waals surface area contributed by atoms with Gasteiger partial charge in [0.1, 0.15) is 0 Å². The highest BCUT2D eigenvalue weighted by Crippen LogP contribution is 2.41. The van der Waals surface area contributed by atoms with Crippen LogP contribution in [-0.4, -0.2) is 24.9 Å². The average molecular weight is 256 g/mol. The van der Waals surface area contributed by atoms with Crippen molar-refractivity contribution in [2.45, 2.75) is 18.9 Å². The van der Waals surface area contributed by atoms with Gasteiger partial charge in [0.15, 0.2) is 0 Å². The Morgan fingerprint density at radius 2 is 2.12 bits per heavy atom. The maximum absolute atomic E-state index is 10.5. The van der Waals surface area contributed by atoms with Crippen LogP contribution in [-0.2, 0) is 4.74 Å². The van der Waals surface area contributed by atoms with Crippen molar-refractivity contribution in [2.24, 2.45) is 11.1 Å². The maximum atomic E-state index is 10.5. The summed E-state index contributed by atoms with van der Waals surface area (Å²) in [4.78, 5) is 0. The molecule has 1 saturated heterocycles. The van der Waals surface area contributed by atoms with Crippen LogP contribution >= 0.6 is 11.6 Å². The van der Waals surface area contributed by atoms with Crippen molar-refractivity contribution < 1.29 is 9.84 Å². The van der Waals surface area contributed by atoms with E-state index in [4.69, 9.17) is 22.1 Å². The lowest BCUT2D eigenvalue weighted by molar-refractivity contribution is -0.0581. The van der Waals surface area contributed by atoms with E-state index in [0.29, 0.717) is 24.8 Å². The fourth-order valence-corrected chi connectivity index (χ4v) is 2.60. The Bertz CT molecular complexity index is 377. The molecule has 17 heavy (non-hydrogen) atoms. The number of rotatable bonds is 3. The number of nitrogens with two attached hydrogens (primary N) is 1. The van der Waals surface area contributed by atoms with Crippen LogP contribution in [0.2, 0.25) is 5.02 Å². The Hall–Kier alpha value is -0.610. The molecule has 1 fully saturated rings. The number of hydrogen-bond donors (Lipinski definition) is 2. The molecular weight excluding hydrogens is 238 g/mol. The van der Waals surface area contributed by atoms with Crippen molar-refractivity contribution in [1.29, 1.82) is 0 Å². The third kappa shape index (κ3) is 2.63. The molecule has 1 aliphatic rings. The SMILES string of the molecule is NCC1([C@H](O)c2cccc(Cl)c2)CCOCC1. The molecule has 2 rings (SSSR count). The van der Waals surface area contributed by atoms with Gasteiger partial charge in [-0.2, -0.15) is 0 Å². The zero-order valence-corrected chi connectivity index (χ0v) is 10.5. The van der Waals surface area contributed by atoms with Gasteiger partial charge in [-0.05, 0) is 30.5 Å². The van der Waals surface area contributed by atoms with E-state index in [1.165, 1.54) is 0 Å².